The van der Waals surface area contributed by atoms with E-state index in [0.29, 0.717) is 0 Å². The smallest absolute Gasteiger partial charge is 0.0659 e. The first-order chi connectivity index (χ1) is 12.7. The molecular weight excluding hydrogens is 579 g/mol. The van der Waals surface area contributed by atoms with E-state index in [4.69, 9.17) is 0 Å². The van der Waals surface area contributed by atoms with E-state index in [1.54, 1.807) is 12.4 Å². The molecule has 10 heteroatoms. The van der Waals surface area contributed by atoms with Crippen LogP contribution in [0.5, 0.6) is 0 Å². The summed E-state index contributed by atoms with van der Waals surface area (Å²) in [5, 5.41) is 0. The fraction of sp³-hybridized carbons (Fsp3) is 0.182. The van der Waals surface area contributed by atoms with Crippen molar-refractivity contribution >= 4 is 73.4 Å². The zero-order valence-corrected chi connectivity index (χ0v) is 22.6. The molecule has 0 aliphatic rings. The minimum atomic E-state index is 0. The van der Waals surface area contributed by atoms with E-state index >= 15 is 0 Å². The third-order valence-electron chi connectivity index (χ3n) is 4.03. The second-order valence-electron chi connectivity index (χ2n) is 6.10. The average Bonchev–Trinajstić information content (AvgIpc) is 2.67. The summed E-state index contributed by atoms with van der Waals surface area (Å²) in [5.41, 5.74) is 6.20. The normalized spacial score (nSPS) is 9.31. The fourth-order valence-electron chi connectivity index (χ4n) is 2.58. The maximum Gasteiger partial charge on any atom is 0.0659 e. The van der Waals surface area contributed by atoms with Gasteiger partial charge in [0.05, 0.1) is 11.4 Å². The van der Waals surface area contributed by atoms with Gasteiger partial charge in [-0.1, -0.05) is 12.1 Å². The number of aromatic nitrogens is 2. The number of rotatable bonds is 6. The molecule has 0 radical (unpaired) electrons. The number of aliphatic imine (C=N–C) groups is 2. The monoisotopic (exact) mass is 602 g/mol. The summed E-state index contributed by atoms with van der Waals surface area (Å²) in [6, 6.07) is 16.0. The van der Waals surface area contributed by atoms with Gasteiger partial charge >= 0.3 is 0 Å². The van der Waals surface area contributed by atoms with Gasteiger partial charge in [0.1, 0.15) is 0 Å². The average molecular weight is 606 g/mol. The number of halogens is 4. The molecule has 0 N–H and O–H groups in total. The molecule has 0 spiro atoms. The minimum Gasteiger partial charge on any atom is -0.261 e. The van der Waals surface area contributed by atoms with E-state index in [2.05, 4.69) is 45.9 Å². The van der Waals surface area contributed by atoms with Crippen LogP contribution >= 0.6 is 49.6 Å². The summed E-state index contributed by atoms with van der Waals surface area (Å²) >= 11 is 0. The number of hydrogen-bond acceptors (Lipinski definition) is 4. The first-order valence-electron chi connectivity index (χ1n) is 8.68. The standard InChI is InChI=1S/C22H22N4.4ClH.2Ni/c1-17-15-22(26-14-10-20-8-4-6-12-24-20)18(2)16-21(17)25-13-9-19-7-3-5-11-23-19;;;;;;/h3-8,11-16H,9-10H2,1-2H3;4*1H;;. The number of benzene rings is 1. The number of pyridine rings is 2. The third-order valence-corrected chi connectivity index (χ3v) is 4.03. The van der Waals surface area contributed by atoms with Crippen LogP contribution in [0.25, 0.3) is 0 Å². The summed E-state index contributed by atoms with van der Waals surface area (Å²) in [6.07, 6.45) is 8.88. The second-order valence-corrected chi connectivity index (χ2v) is 6.10. The Bertz CT molecular complexity index is 851. The van der Waals surface area contributed by atoms with Crippen molar-refractivity contribution in [3.05, 3.63) is 83.4 Å². The van der Waals surface area contributed by atoms with Crippen LogP contribution in [-0.4, -0.2) is 22.4 Å². The molecule has 182 valence electrons. The molecule has 4 nitrogen and oxygen atoms in total. The molecule has 0 saturated heterocycles. The zero-order chi connectivity index (χ0) is 18.2. The predicted molar refractivity (Wildman–Crippen MR) is 137 cm³/mol. The Hall–Kier alpha value is -0.993. The number of hydrogen-bond donors (Lipinski definition) is 0. The van der Waals surface area contributed by atoms with Gasteiger partial charge in [0.2, 0.25) is 0 Å². The van der Waals surface area contributed by atoms with Gasteiger partial charge in [-0.05, 0) is 61.4 Å². The van der Waals surface area contributed by atoms with Crippen LogP contribution in [0.4, 0.5) is 11.4 Å². The Morgan fingerprint density at radius 3 is 1.34 bits per heavy atom. The molecule has 0 bridgehead atoms. The Labute approximate surface area is 235 Å². The van der Waals surface area contributed by atoms with E-state index in [1.807, 2.05) is 48.8 Å². The van der Waals surface area contributed by atoms with Crippen LogP contribution in [0, 0.1) is 13.8 Å². The summed E-state index contributed by atoms with van der Waals surface area (Å²) in [5.74, 6) is 0. The first-order valence-corrected chi connectivity index (χ1v) is 8.68. The quantitative estimate of drug-likeness (QED) is 0.233. The molecule has 2 heterocycles. The molecule has 0 fully saturated rings. The zero-order valence-electron chi connectivity index (χ0n) is 17.4. The van der Waals surface area contributed by atoms with Gasteiger partial charge in [-0.2, -0.15) is 0 Å². The fourth-order valence-corrected chi connectivity index (χ4v) is 2.58. The summed E-state index contributed by atoms with van der Waals surface area (Å²) in [6.45, 7) is 4.12. The van der Waals surface area contributed by atoms with Crippen LogP contribution in [0.2, 0.25) is 0 Å². The molecule has 0 aliphatic heterocycles. The van der Waals surface area contributed by atoms with Gasteiger partial charge in [0.25, 0.3) is 0 Å². The Morgan fingerprint density at radius 2 is 1.03 bits per heavy atom. The first kappa shape index (κ1) is 38.3. The van der Waals surface area contributed by atoms with Crippen molar-refractivity contribution in [3.8, 4) is 0 Å². The Morgan fingerprint density at radius 1 is 0.656 bits per heavy atom. The Balaban J connectivity index is -0.000000653. The molecule has 0 atom stereocenters. The third kappa shape index (κ3) is 12.3. The SMILES string of the molecule is Cc1cc(N=CCc2ccccn2)c(C)cc1N=CCc1ccccn1.Cl.Cl.Cl.Cl.[Ni].[Ni]. The van der Waals surface area contributed by atoms with Gasteiger partial charge in [-0.15, -0.1) is 49.6 Å². The molecular formula is C22H26Cl4N4Ni2. The van der Waals surface area contributed by atoms with Crippen molar-refractivity contribution in [1.29, 1.82) is 0 Å². The molecule has 0 amide bonds. The molecule has 0 saturated carbocycles. The van der Waals surface area contributed by atoms with E-state index in [9.17, 15) is 0 Å². The van der Waals surface area contributed by atoms with E-state index in [-0.39, 0.29) is 82.6 Å². The molecule has 3 rings (SSSR count). The number of aryl methyl sites for hydroxylation is 2. The predicted octanol–water partition coefficient (Wildman–Crippen LogP) is 6.67. The number of nitrogens with zero attached hydrogens (tertiary/aromatic N) is 4. The molecule has 0 unspecified atom stereocenters. The van der Waals surface area contributed by atoms with Crippen molar-refractivity contribution < 1.29 is 33.0 Å². The van der Waals surface area contributed by atoms with E-state index in [1.165, 1.54) is 0 Å². The van der Waals surface area contributed by atoms with Gasteiger partial charge in [-0.25, -0.2) is 0 Å². The van der Waals surface area contributed by atoms with E-state index < -0.39 is 0 Å². The molecule has 3 aromatic rings. The van der Waals surface area contributed by atoms with Crippen LogP contribution in [-0.2, 0) is 45.8 Å². The van der Waals surface area contributed by atoms with Gasteiger partial charge in [-0.3, -0.25) is 20.0 Å². The molecule has 32 heavy (non-hydrogen) atoms. The summed E-state index contributed by atoms with van der Waals surface area (Å²) in [4.78, 5) is 17.8. The van der Waals surface area contributed by atoms with E-state index in [0.717, 1.165) is 46.7 Å². The summed E-state index contributed by atoms with van der Waals surface area (Å²) in [7, 11) is 0. The second kappa shape index (κ2) is 20.6. The van der Waals surface area contributed by atoms with Gasteiger partial charge in [0, 0.05) is 82.0 Å². The van der Waals surface area contributed by atoms with Crippen LogP contribution < -0.4 is 0 Å². The molecule has 1 aromatic carbocycles. The van der Waals surface area contributed by atoms with Crippen LogP contribution in [0.1, 0.15) is 22.5 Å². The molecule has 0 aliphatic carbocycles. The van der Waals surface area contributed by atoms with Crippen molar-refractivity contribution in [3.63, 3.8) is 0 Å². The topological polar surface area (TPSA) is 50.5 Å². The minimum absolute atomic E-state index is 0. The largest absolute Gasteiger partial charge is 0.261 e. The van der Waals surface area contributed by atoms with Crippen LogP contribution in [0.15, 0.2) is 70.9 Å². The van der Waals surface area contributed by atoms with Crippen molar-refractivity contribution in [1.82, 2.24) is 9.97 Å². The Kier molecular flexibility index (Phi) is 24.6. The molecule has 2 aromatic heterocycles. The van der Waals surface area contributed by atoms with Crippen molar-refractivity contribution in [2.45, 2.75) is 26.7 Å². The van der Waals surface area contributed by atoms with Crippen LogP contribution in [0.3, 0.4) is 0 Å². The van der Waals surface area contributed by atoms with Crippen molar-refractivity contribution in [2.24, 2.45) is 9.98 Å². The summed E-state index contributed by atoms with van der Waals surface area (Å²) < 4.78 is 0. The maximum absolute atomic E-state index is 4.60. The van der Waals surface area contributed by atoms with Gasteiger partial charge in [0.15, 0.2) is 0 Å². The maximum atomic E-state index is 4.60. The van der Waals surface area contributed by atoms with Crippen molar-refractivity contribution in [2.75, 3.05) is 0 Å². The van der Waals surface area contributed by atoms with Gasteiger partial charge < -0.3 is 0 Å².